The molecule has 25 heavy (non-hydrogen) atoms. The predicted octanol–water partition coefficient (Wildman–Crippen LogP) is 1.87. The van der Waals surface area contributed by atoms with Gasteiger partial charge in [-0.25, -0.2) is 5.43 Å². The average Bonchev–Trinajstić information content (AvgIpc) is 3.12. The van der Waals surface area contributed by atoms with Gasteiger partial charge in [-0.05, 0) is 37.5 Å². The van der Waals surface area contributed by atoms with Gasteiger partial charge in [-0.3, -0.25) is 9.59 Å². The highest BCUT2D eigenvalue weighted by Crippen LogP contribution is 2.21. The Morgan fingerprint density at radius 2 is 2.28 bits per heavy atom. The summed E-state index contributed by atoms with van der Waals surface area (Å²) < 4.78 is 11.0. The molecule has 2 N–H and O–H groups in total. The monoisotopic (exact) mass is 367 g/mol. The van der Waals surface area contributed by atoms with Gasteiger partial charge in [0.1, 0.15) is 5.75 Å². The van der Waals surface area contributed by atoms with Crippen LogP contribution in [-0.2, 0) is 14.3 Å². The zero-order valence-corrected chi connectivity index (χ0v) is 14.8. The summed E-state index contributed by atoms with van der Waals surface area (Å²) in [6.07, 6.45) is 4.09. The van der Waals surface area contributed by atoms with Crippen LogP contribution in [0.5, 0.6) is 5.75 Å². The summed E-state index contributed by atoms with van der Waals surface area (Å²) in [6.45, 7) is 3.57. The molecule has 1 aliphatic heterocycles. The molecule has 1 fully saturated rings. The molecule has 0 aromatic heterocycles. The zero-order valence-electron chi connectivity index (χ0n) is 14.1. The first-order valence-electron chi connectivity index (χ1n) is 8.25. The molecule has 0 aliphatic carbocycles. The quantitative estimate of drug-likeness (QED) is 0.437. The van der Waals surface area contributed by atoms with E-state index in [0.717, 1.165) is 19.3 Å². The van der Waals surface area contributed by atoms with Crippen molar-refractivity contribution < 1.29 is 19.1 Å². The smallest absolute Gasteiger partial charge is 0.329 e. The van der Waals surface area contributed by atoms with Crippen molar-refractivity contribution in [2.45, 2.75) is 32.3 Å². The van der Waals surface area contributed by atoms with Crippen LogP contribution >= 0.6 is 11.6 Å². The van der Waals surface area contributed by atoms with Gasteiger partial charge in [0.25, 0.3) is 0 Å². The lowest BCUT2D eigenvalue weighted by Crippen LogP contribution is -2.41. The Hall–Kier alpha value is -2.12. The maximum absolute atomic E-state index is 11.7. The number of benzene rings is 1. The second-order valence-electron chi connectivity index (χ2n) is 5.57. The van der Waals surface area contributed by atoms with E-state index < -0.39 is 11.8 Å². The number of halogens is 1. The van der Waals surface area contributed by atoms with Gasteiger partial charge >= 0.3 is 11.8 Å². The van der Waals surface area contributed by atoms with Crippen LogP contribution in [0.3, 0.4) is 0 Å². The highest BCUT2D eigenvalue weighted by Gasteiger charge is 2.18. The van der Waals surface area contributed by atoms with E-state index in [0.29, 0.717) is 36.1 Å². The van der Waals surface area contributed by atoms with Crippen molar-refractivity contribution in [3.05, 3.63) is 28.8 Å². The van der Waals surface area contributed by atoms with Gasteiger partial charge in [-0.1, -0.05) is 18.5 Å². The number of rotatable bonds is 7. The third-order valence-corrected chi connectivity index (χ3v) is 3.76. The fourth-order valence-electron chi connectivity index (χ4n) is 2.27. The molecule has 0 bridgehead atoms. The molecule has 2 amide bonds. The van der Waals surface area contributed by atoms with Gasteiger partial charge in [0.05, 0.1) is 18.9 Å². The third kappa shape index (κ3) is 6.36. The average molecular weight is 368 g/mol. The molecule has 1 atom stereocenters. The van der Waals surface area contributed by atoms with Crippen LogP contribution in [0.1, 0.15) is 31.7 Å². The fraction of sp³-hybridized carbons (Fsp3) is 0.471. The standard InChI is InChI=1S/C17H22ClN3O4/c1-2-7-25-15-6-5-13(18)9-12(15)10-20-21-17(23)16(22)19-11-14-4-3-8-24-14/h5-6,9-10,14H,2-4,7-8,11H2,1H3,(H,19,22)(H,21,23)/b20-10-/t14-/m1/s1. The van der Waals surface area contributed by atoms with Gasteiger partial charge in [0, 0.05) is 23.7 Å². The van der Waals surface area contributed by atoms with E-state index in [1.165, 1.54) is 6.21 Å². The third-order valence-electron chi connectivity index (χ3n) is 3.52. The molecule has 0 unspecified atom stereocenters. The number of nitrogens with one attached hydrogen (secondary N) is 2. The highest BCUT2D eigenvalue weighted by molar-refractivity contribution is 6.35. The SMILES string of the molecule is CCCOc1ccc(Cl)cc1/C=N\NC(=O)C(=O)NC[C@H]1CCCO1. The minimum Gasteiger partial charge on any atom is -0.493 e. The van der Waals surface area contributed by atoms with Crippen molar-refractivity contribution in [3.8, 4) is 5.75 Å². The molecule has 7 nitrogen and oxygen atoms in total. The number of hydrogen-bond donors (Lipinski definition) is 2. The minimum absolute atomic E-state index is 0.0232. The molecular weight excluding hydrogens is 346 g/mol. The molecule has 136 valence electrons. The van der Waals surface area contributed by atoms with Crippen molar-refractivity contribution in [2.24, 2.45) is 5.10 Å². The van der Waals surface area contributed by atoms with Crippen LogP contribution in [0.15, 0.2) is 23.3 Å². The number of carbonyl (C=O) groups excluding carboxylic acids is 2. The summed E-state index contributed by atoms with van der Waals surface area (Å²) in [5.74, 6) is -0.986. The van der Waals surface area contributed by atoms with Gasteiger partial charge in [0.2, 0.25) is 0 Å². The molecule has 0 spiro atoms. The number of nitrogens with zero attached hydrogens (tertiary/aromatic N) is 1. The van der Waals surface area contributed by atoms with Crippen LogP contribution in [0.25, 0.3) is 0 Å². The van der Waals surface area contributed by atoms with E-state index in [9.17, 15) is 9.59 Å². The first-order valence-corrected chi connectivity index (χ1v) is 8.63. The number of hydrogen-bond acceptors (Lipinski definition) is 5. The van der Waals surface area contributed by atoms with Gasteiger partial charge in [-0.2, -0.15) is 5.10 Å². The Morgan fingerprint density at radius 3 is 3.00 bits per heavy atom. The van der Waals surface area contributed by atoms with E-state index in [1.54, 1.807) is 18.2 Å². The first kappa shape index (κ1) is 19.2. The summed E-state index contributed by atoms with van der Waals surface area (Å²) in [4.78, 5) is 23.4. The highest BCUT2D eigenvalue weighted by atomic mass is 35.5. The summed E-state index contributed by atoms with van der Waals surface area (Å²) in [7, 11) is 0. The topological polar surface area (TPSA) is 89.0 Å². The molecular formula is C17H22ClN3O4. The maximum atomic E-state index is 11.7. The van der Waals surface area contributed by atoms with Crippen molar-refractivity contribution in [1.82, 2.24) is 10.7 Å². The van der Waals surface area contributed by atoms with Crippen molar-refractivity contribution in [2.75, 3.05) is 19.8 Å². The largest absolute Gasteiger partial charge is 0.493 e. The van der Waals surface area contributed by atoms with Gasteiger partial charge < -0.3 is 14.8 Å². The molecule has 1 aromatic carbocycles. The van der Waals surface area contributed by atoms with Crippen LogP contribution in [-0.4, -0.2) is 43.9 Å². The number of ether oxygens (including phenoxy) is 2. The van der Waals surface area contributed by atoms with Crippen molar-refractivity contribution >= 4 is 29.6 Å². The summed E-state index contributed by atoms with van der Waals surface area (Å²) in [6, 6.07) is 5.11. The summed E-state index contributed by atoms with van der Waals surface area (Å²) in [5.41, 5.74) is 2.80. The lowest BCUT2D eigenvalue weighted by molar-refractivity contribution is -0.139. The second kappa shape index (κ2) is 10.0. The molecule has 0 saturated carbocycles. The van der Waals surface area contributed by atoms with E-state index >= 15 is 0 Å². The second-order valence-corrected chi connectivity index (χ2v) is 6.01. The molecule has 1 saturated heterocycles. The lowest BCUT2D eigenvalue weighted by atomic mass is 10.2. The molecule has 1 aliphatic rings. The normalized spacial score (nSPS) is 16.8. The lowest BCUT2D eigenvalue weighted by Gasteiger charge is -2.10. The Bertz CT molecular complexity index is 630. The van der Waals surface area contributed by atoms with E-state index in [2.05, 4.69) is 15.8 Å². The van der Waals surface area contributed by atoms with Crippen LogP contribution < -0.4 is 15.5 Å². The van der Waals surface area contributed by atoms with E-state index in [1.807, 2.05) is 6.92 Å². The Balaban J connectivity index is 1.85. The molecule has 1 heterocycles. The van der Waals surface area contributed by atoms with Crippen molar-refractivity contribution in [3.63, 3.8) is 0 Å². The summed E-state index contributed by atoms with van der Waals surface area (Å²) in [5, 5.41) is 6.84. The van der Waals surface area contributed by atoms with Crippen LogP contribution in [0, 0.1) is 0 Å². The van der Waals surface area contributed by atoms with E-state index in [4.69, 9.17) is 21.1 Å². The molecule has 2 rings (SSSR count). The first-order chi connectivity index (χ1) is 12.1. The van der Waals surface area contributed by atoms with Crippen LogP contribution in [0.2, 0.25) is 5.02 Å². The number of amides is 2. The van der Waals surface area contributed by atoms with Crippen molar-refractivity contribution in [1.29, 1.82) is 0 Å². The van der Waals surface area contributed by atoms with Gasteiger partial charge in [-0.15, -0.1) is 0 Å². The van der Waals surface area contributed by atoms with Gasteiger partial charge in [0.15, 0.2) is 0 Å². The zero-order chi connectivity index (χ0) is 18.1. The van der Waals surface area contributed by atoms with E-state index in [-0.39, 0.29) is 6.10 Å². The molecule has 1 aromatic rings. The predicted molar refractivity (Wildman–Crippen MR) is 95.0 cm³/mol. The number of hydrazone groups is 1. The fourth-order valence-corrected chi connectivity index (χ4v) is 2.45. The minimum atomic E-state index is -0.840. The maximum Gasteiger partial charge on any atom is 0.329 e. The Kier molecular flexibility index (Phi) is 7.69. The van der Waals surface area contributed by atoms with Crippen LogP contribution in [0.4, 0.5) is 0 Å². The summed E-state index contributed by atoms with van der Waals surface area (Å²) >= 11 is 5.97. The Labute approximate surface area is 151 Å². The number of carbonyl (C=O) groups is 2. The Morgan fingerprint density at radius 1 is 1.44 bits per heavy atom. The molecule has 0 radical (unpaired) electrons. The molecule has 8 heteroatoms.